The number of nitrogens with zero attached hydrogens (tertiary/aromatic N) is 1. The molecule has 0 aromatic heterocycles. The first-order valence-corrected chi connectivity index (χ1v) is 18.6. The van der Waals surface area contributed by atoms with Gasteiger partial charge in [0.1, 0.15) is 24.2 Å². The van der Waals surface area contributed by atoms with E-state index in [1.165, 1.54) is 23.6 Å². The number of fused-ring (bicyclic) bond motifs is 1. The molecule has 12 nitrogen and oxygen atoms in total. The summed E-state index contributed by atoms with van der Waals surface area (Å²) in [6.07, 6.45) is 2.17. The van der Waals surface area contributed by atoms with Crippen molar-refractivity contribution in [3.8, 4) is 0 Å². The molecule has 2 aromatic rings. The van der Waals surface area contributed by atoms with Crippen molar-refractivity contribution in [2.75, 3.05) is 18.6 Å². The zero-order valence-corrected chi connectivity index (χ0v) is 30.5. The topological polar surface area (TPSA) is 166 Å². The fourth-order valence-electron chi connectivity index (χ4n) is 6.22. The van der Waals surface area contributed by atoms with Crippen molar-refractivity contribution >= 4 is 47.2 Å². The largest absolute Gasteiger partial charge is 0.347 e. The second-order valence-corrected chi connectivity index (χ2v) is 14.7. The fraction of sp³-hybridized carbons (Fsp3) is 0.514. The second-order valence-electron chi connectivity index (χ2n) is 13.7. The first-order valence-electron chi connectivity index (χ1n) is 17.2. The number of thioether (sulfide) groups is 1. The van der Waals surface area contributed by atoms with E-state index < -0.39 is 65.8 Å². The Morgan fingerprint density at radius 3 is 2.18 bits per heavy atom. The predicted octanol–water partition coefficient (Wildman–Crippen LogP) is 2.65. The number of amides is 6. The monoisotopic (exact) mass is 706 g/mol. The number of hydrogen-bond acceptors (Lipinski definition) is 7. The minimum atomic E-state index is -1.02. The van der Waals surface area contributed by atoms with Gasteiger partial charge in [-0.3, -0.25) is 28.8 Å². The van der Waals surface area contributed by atoms with Crippen LogP contribution in [0.15, 0.2) is 54.6 Å². The van der Waals surface area contributed by atoms with Crippen LogP contribution < -0.4 is 26.6 Å². The zero-order chi connectivity index (χ0) is 36.5. The SMILES string of the molecule is CSCC[C@@H]1NC(=O)C[C@@H](c2ccccc2)NC(=O)[C@H](C)NC(=O)[C@@H]2C[C@H](NC(=O)c3ccc(C(C)C)cc3)CN2C(=O)[C@H](C(C)C)NC1=O. The zero-order valence-electron chi connectivity index (χ0n) is 29.7. The van der Waals surface area contributed by atoms with Gasteiger partial charge in [0, 0.05) is 18.2 Å². The Morgan fingerprint density at radius 2 is 1.56 bits per heavy atom. The first kappa shape index (κ1) is 38.4. The number of carbonyl (C=O) groups excluding carboxylic acids is 6. The molecular weight excluding hydrogens is 657 g/mol. The van der Waals surface area contributed by atoms with Crippen molar-refractivity contribution in [3.63, 3.8) is 0 Å². The van der Waals surface area contributed by atoms with Crippen LogP contribution in [0.1, 0.15) is 87.3 Å². The molecule has 2 aromatic carbocycles. The lowest BCUT2D eigenvalue weighted by Gasteiger charge is -2.32. The Balaban J connectivity index is 1.66. The Labute approximate surface area is 298 Å². The molecule has 0 radical (unpaired) electrons. The van der Waals surface area contributed by atoms with Crippen molar-refractivity contribution in [2.45, 2.75) is 96.1 Å². The fourth-order valence-corrected chi connectivity index (χ4v) is 6.69. The number of nitrogens with one attached hydrogen (secondary N) is 5. The lowest BCUT2D eigenvalue weighted by molar-refractivity contribution is -0.143. The molecule has 13 heteroatoms. The summed E-state index contributed by atoms with van der Waals surface area (Å²) in [6, 6.07) is 11.0. The Hall–Kier alpha value is -4.39. The van der Waals surface area contributed by atoms with Crippen LogP contribution in [-0.4, -0.2) is 89.1 Å². The highest BCUT2D eigenvalue weighted by atomic mass is 32.2. The lowest BCUT2D eigenvalue weighted by Crippen LogP contribution is -2.59. The van der Waals surface area contributed by atoms with E-state index in [9.17, 15) is 28.8 Å². The molecule has 50 heavy (non-hydrogen) atoms. The number of benzene rings is 2. The molecule has 0 saturated carbocycles. The summed E-state index contributed by atoms with van der Waals surface area (Å²) < 4.78 is 0. The summed E-state index contributed by atoms with van der Waals surface area (Å²) in [5.41, 5.74) is 2.23. The second kappa shape index (κ2) is 17.5. The van der Waals surface area contributed by atoms with Gasteiger partial charge in [0.05, 0.1) is 12.5 Å². The van der Waals surface area contributed by atoms with Crippen LogP contribution in [-0.2, 0) is 24.0 Å². The highest BCUT2D eigenvalue weighted by Gasteiger charge is 2.44. The van der Waals surface area contributed by atoms with E-state index in [0.29, 0.717) is 29.2 Å². The van der Waals surface area contributed by atoms with E-state index in [0.717, 1.165) is 5.56 Å². The molecule has 6 amide bonds. The normalized spacial score (nSPS) is 25.4. The third-order valence-corrected chi connectivity index (χ3v) is 9.86. The standard InChI is InChI=1S/C37H50N6O6S/c1-21(2)24-12-14-26(15-13-24)34(46)39-27-18-30-36(48)38-23(5)33(45)41-29(25-10-8-7-9-11-25)19-31(44)40-28(16-17-50-6)35(47)42-32(22(3)4)37(49)43(30)20-27/h7-15,21-23,27-30,32H,16-20H2,1-6H3,(H,38,48)(H,39,46)(H,40,44)(H,41,45)(H,42,47)/t23-,27-,28-,29-,30-,32-/m0/s1. The van der Waals surface area contributed by atoms with Gasteiger partial charge in [0.2, 0.25) is 29.5 Å². The quantitative estimate of drug-likeness (QED) is 0.282. The maximum absolute atomic E-state index is 14.2. The number of carbonyl (C=O) groups is 6. The van der Waals surface area contributed by atoms with Crippen LogP contribution in [0.3, 0.4) is 0 Å². The minimum Gasteiger partial charge on any atom is -0.347 e. The summed E-state index contributed by atoms with van der Waals surface area (Å²) >= 11 is 1.52. The average Bonchev–Trinajstić information content (AvgIpc) is 3.52. The highest BCUT2D eigenvalue weighted by Crippen LogP contribution is 2.24. The van der Waals surface area contributed by atoms with Gasteiger partial charge in [0.15, 0.2) is 0 Å². The molecule has 2 fully saturated rings. The third-order valence-electron chi connectivity index (χ3n) is 9.21. The molecule has 0 aliphatic carbocycles. The molecule has 2 aliphatic heterocycles. The van der Waals surface area contributed by atoms with Crippen LogP contribution in [0.5, 0.6) is 0 Å². The Kier molecular flexibility index (Phi) is 13.5. The molecule has 0 spiro atoms. The van der Waals surface area contributed by atoms with Crippen LogP contribution in [0.4, 0.5) is 0 Å². The summed E-state index contributed by atoms with van der Waals surface area (Å²) in [5.74, 6) is -2.37. The molecule has 270 valence electrons. The minimum absolute atomic E-state index is 0.0229. The summed E-state index contributed by atoms with van der Waals surface area (Å²) in [7, 11) is 0. The van der Waals surface area contributed by atoms with Crippen molar-refractivity contribution in [3.05, 3.63) is 71.3 Å². The maximum atomic E-state index is 14.2. The molecule has 5 N–H and O–H groups in total. The number of rotatable bonds is 8. The van der Waals surface area contributed by atoms with Gasteiger partial charge in [-0.15, -0.1) is 0 Å². The predicted molar refractivity (Wildman–Crippen MR) is 193 cm³/mol. The van der Waals surface area contributed by atoms with E-state index in [2.05, 4.69) is 40.4 Å². The molecule has 4 rings (SSSR count). The number of hydrogen-bond donors (Lipinski definition) is 5. The molecule has 2 aliphatic rings. The van der Waals surface area contributed by atoms with E-state index >= 15 is 0 Å². The Bertz CT molecular complexity index is 1530. The van der Waals surface area contributed by atoms with Gasteiger partial charge < -0.3 is 31.5 Å². The van der Waals surface area contributed by atoms with Gasteiger partial charge in [-0.05, 0) is 66.9 Å². The Morgan fingerprint density at radius 1 is 0.880 bits per heavy atom. The van der Waals surface area contributed by atoms with E-state index in [-0.39, 0.29) is 31.2 Å². The highest BCUT2D eigenvalue weighted by molar-refractivity contribution is 7.98. The van der Waals surface area contributed by atoms with E-state index in [1.54, 1.807) is 50.2 Å². The van der Waals surface area contributed by atoms with Crippen molar-refractivity contribution in [2.24, 2.45) is 5.92 Å². The summed E-state index contributed by atoms with van der Waals surface area (Å²) in [6.45, 7) is 9.27. The average molecular weight is 707 g/mol. The van der Waals surface area contributed by atoms with Crippen molar-refractivity contribution < 1.29 is 28.8 Å². The van der Waals surface area contributed by atoms with Crippen LogP contribution >= 0.6 is 11.8 Å². The molecular formula is C37H50N6O6S. The van der Waals surface area contributed by atoms with Gasteiger partial charge in [0.25, 0.3) is 5.91 Å². The van der Waals surface area contributed by atoms with Crippen LogP contribution in [0.25, 0.3) is 0 Å². The van der Waals surface area contributed by atoms with Gasteiger partial charge in [-0.2, -0.15) is 11.8 Å². The maximum Gasteiger partial charge on any atom is 0.251 e. The van der Waals surface area contributed by atoms with Crippen LogP contribution in [0.2, 0.25) is 0 Å². The first-order chi connectivity index (χ1) is 23.8. The van der Waals surface area contributed by atoms with Crippen LogP contribution in [0, 0.1) is 5.92 Å². The summed E-state index contributed by atoms with van der Waals surface area (Å²) in [5, 5.41) is 14.3. The molecule has 0 bridgehead atoms. The van der Waals surface area contributed by atoms with Gasteiger partial charge >= 0.3 is 0 Å². The van der Waals surface area contributed by atoms with Crippen molar-refractivity contribution in [1.29, 1.82) is 0 Å². The molecule has 6 atom stereocenters. The van der Waals surface area contributed by atoms with Gasteiger partial charge in [-0.1, -0.05) is 70.2 Å². The van der Waals surface area contributed by atoms with Gasteiger partial charge in [-0.25, -0.2) is 0 Å². The third kappa shape index (κ3) is 9.86. The molecule has 2 heterocycles. The smallest absolute Gasteiger partial charge is 0.251 e. The van der Waals surface area contributed by atoms with E-state index in [1.807, 2.05) is 24.5 Å². The lowest BCUT2D eigenvalue weighted by atomic mass is 10.0. The van der Waals surface area contributed by atoms with Crippen molar-refractivity contribution in [1.82, 2.24) is 31.5 Å². The van der Waals surface area contributed by atoms with E-state index in [4.69, 9.17) is 0 Å². The summed E-state index contributed by atoms with van der Waals surface area (Å²) in [4.78, 5) is 83.3. The molecule has 2 saturated heterocycles. The molecule has 0 unspecified atom stereocenters.